The predicted molar refractivity (Wildman–Crippen MR) is 124 cm³/mol. The first-order valence-electron chi connectivity index (χ1n) is 11.2. The second-order valence-corrected chi connectivity index (χ2v) is 9.53. The van der Waals surface area contributed by atoms with E-state index in [1.165, 1.54) is 6.07 Å². The Labute approximate surface area is 200 Å². The number of primary amides is 1. The van der Waals surface area contributed by atoms with Crippen molar-refractivity contribution in [2.45, 2.75) is 38.7 Å². The molecule has 3 aliphatic rings. The van der Waals surface area contributed by atoms with Crippen molar-refractivity contribution in [2.24, 2.45) is 17.6 Å². The van der Waals surface area contributed by atoms with E-state index in [9.17, 15) is 34.8 Å². The van der Waals surface area contributed by atoms with Crippen molar-refractivity contribution in [3.63, 3.8) is 0 Å². The lowest BCUT2D eigenvalue weighted by atomic mass is 9.59. The first-order chi connectivity index (χ1) is 16.4. The number of nitrogens with zero attached hydrogens (tertiary/aromatic N) is 1. The molecule has 9 nitrogen and oxygen atoms in total. The highest BCUT2D eigenvalue weighted by Gasteiger charge is 2.60. The zero-order chi connectivity index (χ0) is 25.4. The van der Waals surface area contributed by atoms with Gasteiger partial charge in [0.2, 0.25) is 5.78 Å². The summed E-state index contributed by atoms with van der Waals surface area (Å²) in [4.78, 5) is 42.2. The van der Waals surface area contributed by atoms with Gasteiger partial charge in [-0.2, -0.15) is 0 Å². The van der Waals surface area contributed by atoms with E-state index in [4.69, 9.17) is 5.73 Å². The molecular weight excluding hydrogens is 452 g/mol. The molecule has 1 amide bonds. The highest BCUT2D eigenvalue weighted by Crippen LogP contribution is 2.53. The summed E-state index contributed by atoms with van der Waals surface area (Å²) >= 11 is 0. The summed E-state index contributed by atoms with van der Waals surface area (Å²) in [5.74, 6) is -6.40. The van der Waals surface area contributed by atoms with Crippen LogP contribution in [-0.4, -0.2) is 48.5 Å². The van der Waals surface area contributed by atoms with Gasteiger partial charge in [-0.1, -0.05) is 6.07 Å². The van der Waals surface area contributed by atoms with Gasteiger partial charge in [-0.15, -0.1) is 0 Å². The first-order valence-corrected chi connectivity index (χ1v) is 11.2. The van der Waals surface area contributed by atoms with Crippen molar-refractivity contribution in [1.82, 2.24) is 4.98 Å². The van der Waals surface area contributed by atoms with Crippen molar-refractivity contribution in [1.29, 1.82) is 0 Å². The van der Waals surface area contributed by atoms with Gasteiger partial charge in [-0.05, 0) is 67.5 Å². The number of Topliss-reactive ketones (excluding diaryl/α,β-unsaturated/α-hetero) is 2. The normalized spacial score (nSPS) is 25.8. The fourth-order valence-corrected chi connectivity index (χ4v) is 5.88. The minimum Gasteiger partial charge on any atom is -0.508 e. The van der Waals surface area contributed by atoms with Crippen LogP contribution < -0.4 is 5.73 Å². The summed E-state index contributed by atoms with van der Waals surface area (Å²) < 4.78 is 0. The van der Waals surface area contributed by atoms with Crippen molar-refractivity contribution in [3.05, 3.63) is 63.7 Å². The quantitative estimate of drug-likeness (QED) is 0.410. The molecule has 9 heteroatoms. The van der Waals surface area contributed by atoms with Crippen LogP contribution >= 0.6 is 0 Å². The first kappa shape index (κ1) is 22.8. The van der Waals surface area contributed by atoms with Gasteiger partial charge in [0.15, 0.2) is 11.4 Å². The number of fused-ring (bicyclic) bond motifs is 3. The van der Waals surface area contributed by atoms with Crippen LogP contribution in [0.1, 0.15) is 35.4 Å². The second kappa shape index (κ2) is 7.51. The van der Waals surface area contributed by atoms with Crippen LogP contribution in [0.3, 0.4) is 0 Å². The molecule has 1 saturated carbocycles. The molecule has 3 aliphatic carbocycles. The number of phenols is 1. The average Bonchev–Trinajstić information content (AvgIpc) is 2.75. The Morgan fingerprint density at radius 1 is 1.09 bits per heavy atom. The molecular formula is C26H24N2O7. The van der Waals surface area contributed by atoms with Gasteiger partial charge in [0, 0.05) is 29.3 Å². The minimum atomic E-state index is -2.57. The number of nitrogens with two attached hydrogens (primary N) is 1. The Bertz CT molecular complexity index is 1400. The molecule has 180 valence electrons. The highest BCUT2D eigenvalue weighted by atomic mass is 16.3. The molecule has 5 rings (SSSR count). The van der Waals surface area contributed by atoms with Crippen LogP contribution in [0.4, 0.5) is 0 Å². The largest absolute Gasteiger partial charge is 0.508 e. The lowest BCUT2D eigenvalue weighted by Gasteiger charge is -2.46. The predicted octanol–water partition coefficient (Wildman–Crippen LogP) is 2.10. The fourth-order valence-electron chi connectivity index (χ4n) is 5.88. The van der Waals surface area contributed by atoms with E-state index in [2.05, 4.69) is 4.98 Å². The van der Waals surface area contributed by atoms with E-state index >= 15 is 0 Å². The number of hydrogen-bond donors (Lipinski definition) is 5. The maximum atomic E-state index is 13.6. The zero-order valence-electron chi connectivity index (χ0n) is 19.1. The number of hydrogen-bond acceptors (Lipinski definition) is 8. The molecule has 0 aliphatic heterocycles. The van der Waals surface area contributed by atoms with E-state index in [1.807, 2.05) is 26.0 Å². The molecule has 2 aromatic rings. The number of aliphatic hydroxyl groups is 3. The molecule has 1 aromatic heterocycles. The standard InChI is InChI=1S/C26H24N2O7/c1-10-5-12(6-11(2)28-10)15-3-4-17(29)20-16(15)8-13-7-14-9-18(30)21(25(27)34)24(33)26(14,35)23(32)19(13)22(20)31/h3-6,13-14,29,31,33,35H,7-9H2,1-2H3,(H2,27,34)/t13-,14+,26+/m1/s1. The lowest BCUT2D eigenvalue weighted by molar-refractivity contribution is -0.147. The lowest BCUT2D eigenvalue weighted by Crippen LogP contribution is -2.58. The number of aryl methyl sites for hydroxylation is 2. The van der Waals surface area contributed by atoms with Gasteiger partial charge in [-0.25, -0.2) is 0 Å². The molecule has 3 atom stereocenters. The molecule has 0 radical (unpaired) electrons. The van der Waals surface area contributed by atoms with Crippen molar-refractivity contribution >= 4 is 23.2 Å². The Balaban J connectivity index is 1.72. The van der Waals surface area contributed by atoms with E-state index in [1.54, 1.807) is 6.07 Å². The molecule has 0 spiro atoms. The summed E-state index contributed by atoms with van der Waals surface area (Å²) in [5, 5.41) is 43.8. The van der Waals surface area contributed by atoms with Crippen LogP contribution in [0.5, 0.6) is 5.75 Å². The van der Waals surface area contributed by atoms with Crippen LogP contribution in [0.15, 0.2) is 41.2 Å². The Hall–Kier alpha value is -3.98. The Morgan fingerprint density at radius 3 is 2.37 bits per heavy atom. The van der Waals surface area contributed by atoms with Gasteiger partial charge in [0.05, 0.1) is 5.56 Å². The second-order valence-electron chi connectivity index (χ2n) is 9.53. The topological polar surface area (TPSA) is 171 Å². The molecule has 0 saturated heterocycles. The molecule has 1 aromatic carbocycles. The summed E-state index contributed by atoms with van der Waals surface area (Å²) in [6, 6.07) is 6.92. The number of pyridine rings is 1. The SMILES string of the molecule is Cc1cc(-c2ccc(O)c3c2C[C@H]2C[C@H]4CC(=O)C(C(N)=O)=C(O)[C@@]4(O)C(=O)C2=C3O)cc(C)n1. The van der Waals surface area contributed by atoms with Crippen LogP contribution in [-0.2, 0) is 20.8 Å². The smallest absolute Gasteiger partial charge is 0.255 e. The van der Waals surface area contributed by atoms with Gasteiger partial charge >= 0.3 is 0 Å². The van der Waals surface area contributed by atoms with Gasteiger partial charge in [-0.3, -0.25) is 19.4 Å². The maximum absolute atomic E-state index is 13.6. The van der Waals surface area contributed by atoms with E-state index in [0.29, 0.717) is 5.56 Å². The molecule has 6 N–H and O–H groups in total. The van der Waals surface area contributed by atoms with Crippen LogP contribution in [0, 0.1) is 25.7 Å². The summed E-state index contributed by atoms with van der Waals surface area (Å²) in [6.45, 7) is 3.72. The molecule has 0 bridgehead atoms. The third kappa shape index (κ3) is 3.11. The third-order valence-corrected chi connectivity index (χ3v) is 7.34. The van der Waals surface area contributed by atoms with Crippen LogP contribution in [0.2, 0.25) is 0 Å². The van der Waals surface area contributed by atoms with Crippen molar-refractivity contribution in [3.8, 4) is 16.9 Å². The van der Waals surface area contributed by atoms with Crippen molar-refractivity contribution in [2.75, 3.05) is 0 Å². The Kier molecular flexibility index (Phi) is 4.89. The number of aromatic hydroxyl groups is 1. The van der Waals surface area contributed by atoms with Gasteiger partial charge < -0.3 is 26.2 Å². The van der Waals surface area contributed by atoms with E-state index in [0.717, 1.165) is 22.5 Å². The van der Waals surface area contributed by atoms with Crippen molar-refractivity contribution < 1.29 is 34.8 Å². The maximum Gasteiger partial charge on any atom is 0.255 e. The third-order valence-electron chi connectivity index (χ3n) is 7.34. The van der Waals surface area contributed by atoms with E-state index in [-0.39, 0.29) is 36.1 Å². The number of benzene rings is 1. The number of rotatable bonds is 2. The molecule has 1 heterocycles. The fraction of sp³-hybridized carbons (Fsp3) is 0.308. The average molecular weight is 476 g/mol. The number of phenolic OH excluding ortho intramolecular Hbond substituents is 1. The number of ketones is 2. The molecule has 0 unspecified atom stereocenters. The highest BCUT2D eigenvalue weighted by molar-refractivity contribution is 6.22. The number of aliphatic hydroxyl groups excluding tert-OH is 2. The number of carbonyl (C=O) groups excluding carboxylic acids is 3. The number of carbonyl (C=O) groups is 3. The Morgan fingerprint density at radius 2 is 1.74 bits per heavy atom. The minimum absolute atomic E-state index is 0.0711. The van der Waals surface area contributed by atoms with Gasteiger partial charge in [0.1, 0.15) is 22.8 Å². The van der Waals surface area contributed by atoms with Crippen LogP contribution in [0.25, 0.3) is 16.9 Å². The molecule has 35 heavy (non-hydrogen) atoms. The summed E-state index contributed by atoms with van der Waals surface area (Å²) in [5.41, 5.74) is 5.56. The number of aromatic nitrogens is 1. The zero-order valence-corrected chi connectivity index (χ0v) is 19.1. The molecule has 1 fully saturated rings. The summed E-state index contributed by atoms with van der Waals surface area (Å²) in [6.07, 6.45) is -0.0113. The van der Waals surface area contributed by atoms with E-state index < -0.39 is 52.0 Å². The number of amides is 1. The van der Waals surface area contributed by atoms with Gasteiger partial charge in [0.25, 0.3) is 5.91 Å². The monoisotopic (exact) mass is 476 g/mol. The summed E-state index contributed by atoms with van der Waals surface area (Å²) in [7, 11) is 0.